The Morgan fingerprint density at radius 1 is 0.740 bits per heavy atom. The molecule has 1 aliphatic heterocycles. The minimum Gasteiger partial charge on any atom is -0.462 e. The first-order valence-electron chi connectivity index (χ1n) is 25.4. The number of nitrogens with two attached hydrogens (primary N) is 1. The molecule has 2 heterocycles. The number of unbranched alkanes of at least 4 members (excludes halogenated alkanes) is 8. The summed E-state index contributed by atoms with van der Waals surface area (Å²) in [5.74, 6) is -1.48. The maximum Gasteiger partial charge on any atom is 0.481 e. The van der Waals surface area contributed by atoms with Crippen LogP contribution in [0.4, 0.5) is 5.82 Å². The molecule has 2 rings (SSSR count). The second-order valence-electron chi connectivity index (χ2n) is 17.1. The normalized spacial score (nSPS) is 20.2. The molecular formula is C52H81N3O16P2. The van der Waals surface area contributed by atoms with E-state index in [-0.39, 0.29) is 18.7 Å². The van der Waals surface area contributed by atoms with E-state index in [1.54, 1.807) is 24.3 Å². The molecule has 0 spiro atoms. The standard InChI is InChI=1S/C52H81N3O16P2/c1-3-5-7-9-11-13-14-15-16-17-18-19-20-22-24-28-32-36-47(57)66-40-44(69-48(58)37-33-29-25-27-31-35-43(56)34-30-26-23-21-12-10-8-6-4-2)41-67-72(62,63)71-73(64,65)68-42-45-49(59)50(60)51(70-45)55-39-38-46(53)54-52(55)61/h5,7,11-13,15-16,18-19,21,25-27,30-31,35,38-39,43-45,49-51,56,59-60H,3-4,6,8-10,14,17,20,22-24,28-29,32-34,36-37,40-42H2,1-2H3,(H,62,63)(H,64,65)(H2,53,54,61)/b7-5-,13-11-,16-15-,19-18-,21-12-,27-25+,30-26-,35-31-/t43?,44-,45-,49-,50-,51-/m1/s1. The number of ether oxygens (including phenoxy) is 3. The molecule has 0 bridgehead atoms. The quantitative estimate of drug-likeness (QED) is 0.0117. The molecule has 1 fully saturated rings. The first-order valence-corrected chi connectivity index (χ1v) is 28.3. The maximum atomic E-state index is 12.9. The van der Waals surface area contributed by atoms with Gasteiger partial charge in [0.2, 0.25) is 0 Å². The van der Waals surface area contributed by atoms with Gasteiger partial charge in [-0.2, -0.15) is 9.29 Å². The van der Waals surface area contributed by atoms with Gasteiger partial charge in [-0.3, -0.25) is 23.2 Å². The number of allylic oxidation sites excluding steroid dienone is 14. The summed E-state index contributed by atoms with van der Waals surface area (Å²) in [6.07, 6.45) is 39.4. The molecule has 1 aliphatic rings. The van der Waals surface area contributed by atoms with Crippen LogP contribution in [0.2, 0.25) is 0 Å². The first kappa shape index (κ1) is 64.8. The van der Waals surface area contributed by atoms with E-state index in [4.69, 9.17) is 29.0 Å². The summed E-state index contributed by atoms with van der Waals surface area (Å²) in [4.78, 5) is 61.9. The molecule has 1 aromatic heterocycles. The summed E-state index contributed by atoms with van der Waals surface area (Å²) in [6.45, 7) is 1.83. The van der Waals surface area contributed by atoms with Crippen LogP contribution in [0.25, 0.3) is 0 Å². The van der Waals surface area contributed by atoms with Crippen LogP contribution in [0.15, 0.2) is 114 Å². The highest BCUT2D eigenvalue weighted by atomic mass is 31.3. The third-order valence-electron chi connectivity index (χ3n) is 10.7. The number of hydrogen-bond acceptors (Lipinski definition) is 16. The van der Waals surface area contributed by atoms with Crippen molar-refractivity contribution >= 4 is 33.4 Å². The number of aromatic nitrogens is 2. The molecule has 19 nitrogen and oxygen atoms in total. The predicted molar refractivity (Wildman–Crippen MR) is 281 cm³/mol. The zero-order valence-corrected chi connectivity index (χ0v) is 44.3. The van der Waals surface area contributed by atoms with Crippen LogP contribution >= 0.6 is 15.6 Å². The number of aliphatic hydroxyl groups excluding tert-OH is 3. The lowest BCUT2D eigenvalue weighted by Crippen LogP contribution is -2.36. The van der Waals surface area contributed by atoms with Gasteiger partial charge in [-0.25, -0.2) is 13.9 Å². The summed E-state index contributed by atoms with van der Waals surface area (Å²) in [7, 11) is -10.9. The van der Waals surface area contributed by atoms with Crippen LogP contribution in [-0.2, 0) is 46.3 Å². The Hall–Kier alpha value is -4.36. The van der Waals surface area contributed by atoms with E-state index in [2.05, 4.69) is 83.9 Å². The Kier molecular flexibility index (Phi) is 34.7. The fourth-order valence-corrected chi connectivity index (χ4v) is 8.90. The number of rotatable bonds is 40. The van der Waals surface area contributed by atoms with E-state index in [0.29, 0.717) is 25.7 Å². The highest BCUT2D eigenvalue weighted by molar-refractivity contribution is 7.61. The molecule has 0 amide bonds. The molecule has 21 heteroatoms. The van der Waals surface area contributed by atoms with Gasteiger partial charge in [0.25, 0.3) is 0 Å². The van der Waals surface area contributed by atoms with Crippen LogP contribution in [0.1, 0.15) is 142 Å². The van der Waals surface area contributed by atoms with E-state index in [0.717, 1.165) is 75.0 Å². The Balaban J connectivity index is 1.87. The molecule has 0 aliphatic carbocycles. The van der Waals surface area contributed by atoms with Crippen molar-refractivity contribution < 1.29 is 71.4 Å². The maximum absolute atomic E-state index is 12.9. The number of phosphoric acid groups is 2. The van der Waals surface area contributed by atoms with E-state index >= 15 is 0 Å². The van der Waals surface area contributed by atoms with Crippen LogP contribution < -0.4 is 11.4 Å². The molecule has 1 saturated heterocycles. The minimum atomic E-state index is -5.47. The number of esters is 2. The van der Waals surface area contributed by atoms with Crippen LogP contribution in [0.3, 0.4) is 0 Å². The number of anilines is 1. The van der Waals surface area contributed by atoms with E-state index < -0.39 is 89.8 Å². The van der Waals surface area contributed by atoms with Crippen molar-refractivity contribution in [3.8, 4) is 0 Å². The van der Waals surface area contributed by atoms with Crippen molar-refractivity contribution in [1.82, 2.24) is 9.55 Å². The van der Waals surface area contributed by atoms with Crippen molar-refractivity contribution in [2.45, 2.75) is 173 Å². The Morgan fingerprint density at radius 2 is 1.33 bits per heavy atom. The summed E-state index contributed by atoms with van der Waals surface area (Å²) in [6, 6.07) is 1.23. The van der Waals surface area contributed by atoms with Gasteiger partial charge in [0.05, 0.1) is 19.3 Å². The fourth-order valence-electron chi connectivity index (χ4n) is 6.79. The van der Waals surface area contributed by atoms with Gasteiger partial charge in [0, 0.05) is 19.0 Å². The SMILES string of the molecule is CC/C=C\C/C=C\C/C=C\C/C=C\CCCCCCC(=O)OC[C@H](COP(=O)(O)OP(=O)(O)OC[C@H]1O[C@@H](n2ccc(N)nc2=O)[C@H](O)[C@@H]1O)OC(=O)CCC/C=C/C=C\C(O)C/C=C\C/C=C\CCCCC. The summed E-state index contributed by atoms with van der Waals surface area (Å²) >= 11 is 0. The lowest BCUT2D eigenvalue weighted by molar-refractivity contribution is -0.161. The first-order chi connectivity index (χ1) is 35.1. The zero-order chi connectivity index (χ0) is 53.6. The topological polar surface area (TPSA) is 286 Å². The molecule has 0 saturated carbocycles. The van der Waals surface area contributed by atoms with Crippen molar-refractivity contribution in [3.05, 3.63) is 120 Å². The van der Waals surface area contributed by atoms with Crippen molar-refractivity contribution in [3.63, 3.8) is 0 Å². The second-order valence-corrected chi connectivity index (χ2v) is 20.2. The number of nitrogen functional groups attached to an aromatic ring is 1. The van der Waals surface area contributed by atoms with E-state index in [1.807, 2.05) is 12.2 Å². The summed E-state index contributed by atoms with van der Waals surface area (Å²) < 4.78 is 56.6. The van der Waals surface area contributed by atoms with E-state index in [1.165, 1.54) is 25.3 Å². The van der Waals surface area contributed by atoms with Gasteiger partial charge in [-0.05, 0) is 89.5 Å². The third-order valence-corrected chi connectivity index (χ3v) is 13.3. The summed E-state index contributed by atoms with van der Waals surface area (Å²) in [5.41, 5.74) is 4.57. The highest BCUT2D eigenvalue weighted by Crippen LogP contribution is 2.60. The number of phosphoric ester groups is 2. The van der Waals surface area contributed by atoms with E-state index in [9.17, 15) is 48.6 Å². The Bertz CT molecular complexity index is 2120. The van der Waals surface area contributed by atoms with Gasteiger partial charge in [-0.1, -0.05) is 137 Å². The summed E-state index contributed by atoms with van der Waals surface area (Å²) in [5, 5.41) is 31.1. The molecule has 8 atom stereocenters. The third kappa shape index (κ3) is 31.9. The lowest BCUT2D eigenvalue weighted by Gasteiger charge is -2.21. The molecule has 0 radical (unpaired) electrons. The molecule has 7 N–H and O–H groups in total. The Labute approximate surface area is 431 Å². The monoisotopic (exact) mass is 1070 g/mol. The molecule has 3 unspecified atom stereocenters. The molecule has 1 aromatic rings. The van der Waals surface area contributed by atoms with Crippen LogP contribution in [0.5, 0.6) is 0 Å². The average Bonchev–Trinajstić information content (AvgIpc) is 3.62. The van der Waals surface area contributed by atoms with Gasteiger partial charge in [0.1, 0.15) is 30.7 Å². The number of aliphatic hydroxyl groups is 3. The second kappa shape index (κ2) is 39.1. The van der Waals surface area contributed by atoms with Crippen molar-refractivity contribution in [2.75, 3.05) is 25.6 Å². The highest BCUT2D eigenvalue weighted by Gasteiger charge is 2.46. The van der Waals surface area contributed by atoms with Gasteiger partial charge >= 0.3 is 33.3 Å². The molecule has 410 valence electrons. The van der Waals surface area contributed by atoms with Gasteiger partial charge in [-0.15, -0.1) is 0 Å². The predicted octanol–water partition coefficient (Wildman–Crippen LogP) is 9.41. The fraction of sp³-hybridized carbons (Fsp3) is 0.577. The lowest BCUT2D eigenvalue weighted by atomic mass is 10.1. The van der Waals surface area contributed by atoms with Gasteiger partial charge < -0.3 is 45.1 Å². The number of hydrogen-bond donors (Lipinski definition) is 6. The average molecular weight is 1070 g/mol. The number of nitrogens with zero attached hydrogens (tertiary/aromatic N) is 2. The van der Waals surface area contributed by atoms with Crippen LogP contribution in [-0.4, -0.2) is 96.9 Å². The van der Waals surface area contributed by atoms with Crippen molar-refractivity contribution in [1.29, 1.82) is 0 Å². The molecule has 73 heavy (non-hydrogen) atoms. The van der Waals surface area contributed by atoms with Crippen LogP contribution in [0, 0.1) is 0 Å². The Morgan fingerprint density at radius 3 is 1.99 bits per heavy atom. The van der Waals surface area contributed by atoms with Crippen molar-refractivity contribution in [2.24, 2.45) is 0 Å². The zero-order valence-electron chi connectivity index (χ0n) is 42.5. The number of carbonyl (C=O) groups excluding carboxylic acids is 2. The van der Waals surface area contributed by atoms with Gasteiger partial charge in [0.15, 0.2) is 12.3 Å². The number of carbonyl (C=O) groups is 2. The molecule has 0 aromatic carbocycles. The largest absolute Gasteiger partial charge is 0.481 e. The molecular weight excluding hydrogens is 985 g/mol. The minimum absolute atomic E-state index is 0.0638. The smallest absolute Gasteiger partial charge is 0.462 e.